The molecule has 0 fully saturated rings. The summed E-state index contributed by atoms with van der Waals surface area (Å²) in [7, 11) is 0. The lowest BCUT2D eigenvalue weighted by Gasteiger charge is -2.17. The standard InChI is InChI=1S/C27H22BrCl2N5O3S/c28-18-5-8-20(9-6-18)35-24(14-31-25(36)15-38-23-10-7-19(29)13-21(23)30)32-33-27(35)39-16-26(37)34-12-11-17-3-1-2-4-22(17)34/h1-10,13H,11-12,14-16H2,(H,31,36). The Bertz CT molecular complexity index is 1520. The van der Waals surface area contributed by atoms with Gasteiger partial charge in [-0.2, -0.15) is 0 Å². The fourth-order valence-electron chi connectivity index (χ4n) is 4.12. The molecule has 1 aromatic heterocycles. The number of para-hydroxylation sites is 1. The van der Waals surface area contributed by atoms with Gasteiger partial charge in [0.15, 0.2) is 17.6 Å². The van der Waals surface area contributed by atoms with Gasteiger partial charge in [0.2, 0.25) is 5.91 Å². The molecule has 5 rings (SSSR count). The van der Waals surface area contributed by atoms with E-state index in [4.69, 9.17) is 27.9 Å². The molecule has 8 nitrogen and oxygen atoms in total. The summed E-state index contributed by atoms with van der Waals surface area (Å²) in [5, 5.41) is 12.8. The highest BCUT2D eigenvalue weighted by Gasteiger charge is 2.25. The number of carbonyl (C=O) groups is 2. The summed E-state index contributed by atoms with van der Waals surface area (Å²) in [6, 6.07) is 20.4. The molecule has 0 aliphatic carbocycles. The van der Waals surface area contributed by atoms with Crippen molar-refractivity contribution >= 4 is 68.4 Å². The largest absolute Gasteiger partial charge is 0.482 e. The highest BCUT2D eigenvalue weighted by Crippen LogP contribution is 2.30. The number of aromatic nitrogens is 3. The molecular weight excluding hydrogens is 625 g/mol. The highest BCUT2D eigenvalue weighted by molar-refractivity contribution is 9.10. The van der Waals surface area contributed by atoms with Gasteiger partial charge >= 0.3 is 0 Å². The van der Waals surface area contributed by atoms with E-state index in [0.29, 0.717) is 33.3 Å². The second-order valence-corrected chi connectivity index (χ2v) is 11.3. The molecule has 0 atom stereocenters. The SMILES string of the molecule is O=C(COc1ccc(Cl)cc1Cl)NCc1nnc(SCC(=O)N2CCc3ccccc32)n1-c1ccc(Br)cc1. The maximum atomic E-state index is 13.1. The third-order valence-corrected chi connectivity index (χ3v) is 7.97. The lowest BCUT2D eigenvalue weighted by Crippen LogP contribution is -2.30. The maximum Gasteiger partial charge on any atom is 0.258 e. The number of benzene rings is 3. The number of anilines is 1. The van der Waals surface area contributed by atoms with Crippen molar-refractivity contribution in [3.63, 3.8) is 0 Å². The van der Waals surface area contributed by atoms with Crippen LogP contribution >= 0.6 is 50.9 Å². The number of hydrogen-bond acceptors (Lipinski definition) is 6. The van der Waals surface area contributed by atoms with Crippen molar-refractivity contribution in [2.24, 2.45) is 0 Å². The molecule has 0 spiro atoms. The molecule has 0 saturated heterocycles. The minimum atomic E-state index is -0.358. The molecule has 0 unspecified atom stereocenters. The Hall–Kier alpha value is -3.05. The number of hydrogen-bond donors (Lipinski definition) is 1. The van der Waals surface area contributed by atoms with E-state index in [1.54, 1.807) is 18.2 Å². The Kier molecular flexibility index (Phi) is 8.76. The molecule has 200 valence electrons. The predicted octanol–water partition coefficient (Wildman–Crippen LogP) is 5.71. The Morgan fingerprint density at radius 2 is 1.85 bits per heavy atom. The van der Waals surface area contributed by atoms with Crippen LogP contribution in [-0.2, 0) is 22.6 Å². The third kappa shape index (κ3) is 6.58. The predicted molar refractivity (Wildman–Crippen MR) is 156 cm³/mol. The van der Waals surface area contributed by atoms with Crippen LogP contribution in [0.1, 0.15) is 11.4 Å². The number of amides is 2. The van der Waals surface area contributed by atoms with Crippen LogP contribution in [0.3, 0.4) is 0 Å². The van der Waals surface area contributed by atoms with Gasteiger partial charge in [-0.05, 0) is 60.5 Å². The molecule has 39 heavy (non-hydrogen) atoms. The van der Waals surface area contributed by atoms with Gasteiger partial charge in [-0.25, -0.2) is 0 Å². The van der Waals surface area contributed by atoms with Crippen LogP contribution in [0.2, 0.25) is 10.0 Å². The molecule has 0 bridgehead atoms. The van der Waals surface area contributed by atoms with Crippen LogP contribution in [0, 0.1) is 0 Å². The van der Waals surface area contributed by atoms with Gasteiger partial charge in [-0.15, -0.1) is 10.2 Å². The summed E-state index contributed by atoms with van der Waals surface area (Å²) >= 11 is 16.8. The summed E-state index contributed by atoms with van der Waals surface area (Å²) in [5.41, 5.74) is 2.94. The number of nitrogens with one attached hydrogen (secondary N) is 1. The second kappa shape index (κ2) is 12.4. The first kappa shape index (κ1) is 27.5. The minimum Gasteiger partial charge on any atom is -0.482 e. The molecule has 2 heterocycles. The molecule has 0 radical (unpaired) electrons. The number of rotatable bonds is 9. The summed E-state index contributed by atoms with van der Waals surface area (Å²) in [4.78, 5) is 27.4. The van der Waals surface area contributed by atoms with Crippen molar-refractivity contribution in [2.75, 3.05) is 23.8 Å². The molecule has 0 saturated carbocycles. The molecule has 1 aliphatic heterocycles. The lowest BCUT2D eigenvalue weighted by atomic mass is 10.2. The van der Waals surface area contributed by atoms with Crippen molar-refractivity contribution in [1.29, 1.82) is 0 Å². The van der Waals surface area contributed by atoms with E-state index in [1.807, 2.05) is 51.9 Å². The minimum absolute atomic E-state index is 0.00293. The first-order valence-electron chi connectivity index (χ1n) is 11.9. The summed E-state index contributed by atoms with van der Waals surface area (Å²) in [5.74, 6) is 0.715. The zero-order chi connectivity index (χ0) is 27.4. The number of nitrogens with zero attached hydrogens (tertiary/aromatic N) is 4. The molecule has 1 aliphatic rings. The van der Waals surface area contributed by atoms with Crippen molar-refractivity contribution in [2.45, 2.75) is 18.1 Å². The van der Waals surface area contributed by atoms with Gasteiger partial charge in [-0.1, -0.05) is 69.1 Å². The van der Waals surface area contributed by atoms with Gasteiger partial charge in [0.25, 0.3) is 5.91 Å². The van der Waals surface area contributed by atoms with Crippen molar-refractivity contribution < 1.29 is 14.3 Å². The van der Waals surface area contributed by atoms with Crippen molar-refractivity contribution in [3.05, 3.63) is 92.6 Å². The Labute approximate surface area is 247 Å². The van der Waals surface area contributed by atoms with E-state index in [0.717, 1.165) is 22.3 Å². The third-order valence-electron chi connectivity index (χ3n) is 5.99. The fourth-order valence-corrected chi connectivity index (χ4v) is 5.70. The van der Waals surface area contributed by atoms with Gasteiger partial charge < -0.3 is 15.0 Å². The van der Waals surface area contributed by atoms with E-state index in [9.17, 15) is 9.59 Å². The van der Waals surface area contributed by atoms with E-state index in [1.165, 1.54) is 17.3 Å². The summed E-state index contributed by atoms with van der Waals surface area (Å²) in [6.45, 7) is 0.535. The first-order valence-corrected chi connectivity index (χ1v) is 14.5. The zero-order valence-corrected chi connectivity index (χ0v) is 24.4. The van der Waals surface area contributed by atoms with Gasteiger partial charge in [0, 0.05) is 27.4 Å². The van der Waals surface area contributed by atoms with E-state index in [2.05, 4.69) is 37.5 Å². The summed E-state index contributed by atoms with van der Waals surface area (Å²) < 4.78 is 8.27. The van der Waals surface area contributed by atoms with Crippen LogP contribution in [0.4, 0.5) is 5.69 Å². The monoisotopic (exact) mass is 645 g/mol. The van der Waals surface area contributed by atoms with Gasteiger partial charge in [-0.3, -0.25) is 14.2 Å². The van der Waals surface area contributed by atoms with Crippen molar-refractivity contribution in [1.82, 2.24) is 20.1 Å². The fraction of sp³-hybridized carbons (Fsp3) is 0.185. The number of thioether (sulfide) groups is 1. The topological polar surface area (TPSA) is 89.3 Å². The molecule has 12 heteroatoms. The average Bonchev–Trinajstić information content (AvgIpc) is 3.55. The summed E-state index contributed by atoms with van der Waals surface area (Å²) in [6.07, 6.45) is 0.847. The quantitative estimate of drug-likeness (QED) is 0.234. The molecular formula is C27H22BrCl2N5O3S. The van der Waals surface area contributed by atoms with Gasteiger partial charge in [0.05, 0.1) is 17.3 Å². The first-order chi connectivity index (χ1) is 18.9. The van der Waals surface area contributed by atoms with Crippen LogP contribution in [-0.4, -0.2) is 45.5 Å². The lowest BCUT2D eigenvalue weighted by molar-refractivity contribution is -0.123. The number of ether oxygens (including phenoxy) is 1. The van der Waals surface area contributed by atoms with Crippen molar-refractivity contribution in [3.8, 4) is 11.4 Å². The Balaban J connectivity index is 1.27. The van der Waals surface area contributed by atoms with Crippen LogP contribution in [0.5, 0.6) is 5.75 Å². The highest BCUT2D eigenvalue weighted by atomic mass is 79.9. The van der Waals surface area contributed by atoms with Crippen LogP contribution in [0.15, 0.2) is 76.4 Å². The molecule has 1 N–H and O–H groups in total. The maximum absolute atomic E-state index is 13.1. The van der Waals surface area contributed by atoms with E-state index in [-0.39, 0.29) is 30.7 Å². The molecule has 4 aromatic rings. The smallest absolute Gasteiger partial charge is 0.258 e. The Morgan fingerprint density at radius 3 is 2.64 bits per heavy atom. The second-order valence-electron chi connectivity index (χ2n) is 8.56. The number of halogens is 3. The Morgan fingerprint density at radius 1 is 1.05 bits per heavy atom. The average molecular weight is 647 g/mol. The van der Waals surface area contributed by atoms with E-state index >= 15 is 0 Å². The van der Waals surface area contributed by atoms with E-state index < -0.39 is 0 Å². The normalized spacial score (nSPS) is 12.3. The zero-order valence-electron chi connectivity index (χ0n) is 20.4. The van der Waals surface area contributed by atoms with Crippen LogP contribution in [0.25, 0.3) is 5.69 Å². The number of carbonyl (C=O) groups excluding carboxylic acids is 2. The number of fused-ring (bicyclic) bond motifs is 1. The molecule has 2 amide bonds. The van der Waals surface area contributed by atoms with Gasteiger partial charge in [0.1, 0.15) is 5.75 Å². The van der Waals surface area contributed by atoms with Crippen LogP contribution < -0.4 is 15.0 Å². The molecule has 3 aromatic carbocycles.